The third-order valence-corrected chi connectivity index (χ3v) is 6.42. The number of methoxy groups -OCH3 is 2. The van der Waals surface area contributed by atoms with Gasteiger partial charge in [-0.05, 0) is 60.7 Å². The zero-order chi connectivity index (χ0) is 20.2. The third kappa shape index (κ3) is 4.26. The molecule has 0 aliphatic rings. The van der Waals surface area contributed by atoms with Gasteiger partial charge in [-0.15, -0.1) is 0 Å². The van der Waals surface area contributed by atoms with E-state index in [2.05, 4.69) is 9.97 Å². The lowest BCUT2D eigenvalue weighted by Gasteiger charge is -2.10. The quantitative estimate of drug-likeness (QED) is 0.458. The summed E-state index contributed by atoms with van der Waals surface area (Å²) >= 11 is 3.10. The fourth-order valence-corrected chi connectivity index (χ4v) is 4.70. The average Bonchev–Trinajstić information content (AvgIpc) is 2.76. The van der Waals surface area contributed by atoms with Gasteiger partial charge >= 0.3 is 0 Å². The van der Waals surface area contributed by atoms with Gasteiger partial charge in [-0.2, -0.15) is 0 Å². The van der Waals surface area contributed by atoms with E-state index in [1.54, 1.807) is 26.0 Å². The highest BCUT2D eigenvalue weighted by Crippen LogP contribution is 2.38. The van der Waals surface area contributed by atoms with Gasteiger partial charge < -0.3 is 14.5 Å². The summed E-state index contributed by atoms with van der Waals surface area (Å²) in [6.45, 7) is 0. The van der Waals surface area contributed by atoms with E-state index in [4.69, 9.17) is 9.47 Å². The summed E-state index contributed by atoms with van der Waals surface area (Å²) in [6.07, 6.45) is 1.45. The molecule has 1 heterocycles. The molecule has 0 spiro atoms. The molecule has 0 saturated carbocycles. The zero-order valence-electron chi connectivity index (χ0n) is 15.8. The van der Waals surface area contributed by atoms with Gasteiger partial charge in [0.1, 0.15) is 11.5 Å². The van der Waals surface area contributed by atoms with Gasteiger partial charge in [-0.3, -0.25) is 4.79 Å². The number of hydrogen-bond donors (Lipinski definition) is 1. The predicted octanol–water partition coefficient (Wildman–Crippen LogP) is 5.24. The fourth-order valence-electron chi connectivity index (χ4n) is 2.84. The number of benzene rings is 3. The Kier molecular flexibility index (Phi) is 5.78. The van der Waals surface area contributed by atoms with Gasteiger partial charge in [0.05, 0.1) is 31.4 Å². The summed E-state index contributed by atoms with van der Waals surface area (Å²) in [5, 5.41) is 0.590. The maximum Gasteiger partial charge on any atom is 0.259 e. The largest absolute Gasteiger partial charge is 0.497 e. The van der Waals surface area contributed by atoms with Crippen molar-refractivity contribution in [3.05, 3.63) is 77.3 Å². The summed E-state index contributed by atoms with van der Waals surface area (Å²) in [4.78, 5) is 23.6. The van der Waals surface area contributed by atoms with Gasteiger partial charge in [-0.1, -0.05) is 23.5 Å². The maximum absolute atomic E-state index is 12.6. The highest BCUT2D eigenvalue weighted by molar-refractivity contribution is 8.00. The molecule has 0 radical (unpaired) electrons. The summed E-state index contributed by atoms with van der Waals surface area (Å²) < 4.78 is 10.4. The van der Waals surface area contributed by atoms with Crippen LogP contribution < -0.4 is 15.0 Å². The number of ether oxygens (including phenoxy) is 2. The fraction of sp³-hybridized carbons (Fsp3) is 0.0909. The number of rotatable bonds is 6. The second-order valence-corrected chi connectivity index (χ2v) is 8.30. The van der Waals surface area contributed by atoms with E-state index in [-0.39, 0.29) is 5.56 Å². The minimum atomic E-state index is -0.150. The van der Waals surface area contributed by atoms with Gasteiger partial charge in [0.15, 0.2) is 0 Å². The number of fused-ring (bicyclic) bond motifs is 1. The molecule has 0 unspecified atom stereocenters. The number of hydrogen-bond acceptors (Lipinski definition) is 6. The molecule has 4 rings (SSSR count). The monoisotopic (exact) mass is 422 g/mol. The molecule has 4 aromatic rings. The molecule has 3 aromatic carbocycles. The van der Waals surface area contributed by atoms with Crippen LogP contribution in [0.1, 0.15) is 0 Å². The summed E-state index contributed by atoms with van der Waals surface area (Å²) in [5.74, 6) is 1.60. The van der Waals surface area contributed by atoms with Crippen LogP contribution in [0, 0.1) is 0 Å². The molecule has 0 fully saturated rings. The van der Waals surface area contributed by atoms with Gasteiger partial charge in [0.2, 0.25) is 0 Å². The van der Waals surface area contributed by atoms with Crippen molar-refractivity contribution in [3.63, 3.8) is 0 Å². The number of nitrogens with one attached hydrogen (secondary N) is 1. The molecule has 0 saturated heterocycles. The normalized spacial score (nSPS) is 10.8. The van der Waals surface area contributed by atoms with E-state index in [0.717, 1.165) is 31.1 Å². The summed E-state index contributed by atoms with van der Waals surface area (Å²) in [7, 11) is 3.28. The SMILES string of the molecule is COc1ccc(Sc2ccc(Sc3ccc(OC)cc3)c3c(=O)[nH]cnc23)cc1. The van der Waals surface area contributed by atoms with Gasteiger partial charge in [-0.25, -0.2) is 4.98 Å². The van der Waals surface area contributed by atoms with Crippen LogP contribution in [0.25, 0.3) is 10.9 Å². The van der Waals surface area contributed by atoms with Crippen molar-refractivity contribution in [1.82, 2.24) is 9.97 Å². The lowest BCUT2D eigenvalue weighted by atomic mass is 10.2. The van der Waals surface area contributed by atoms with Crippen molar-refractivity contribution in [2.45, 2.75) is 19.6 Å². The minimum absolute atomic E-state index is 0.150. The summed E-state index contributed by atoms with van der Waals surface area (Å²) in [5.41, 5.74) is 0.538. The van der Waals surface area contributed by atoms with Crippen LogP contribution in [0.2, 0.25) is 0 Å². The van der Waals surface area contributed by atoms with Crippen molar-refractivity contribution in [2.75, 3.05) is 14.2 Å². The Morgan fingerprint density at radius 3 is 1.83 bits per heavy atom. The maximum atomic E-state index is 12.6. The Morgan fingerprint density at radius 1 is 0.759 bits per heavy atom. The lowest BCUT2D eigenvalue weighted by molar-refractivity contribution is 0.414. The van der Waals surface area contributed by atoms with Crippen LogP contribution in [0.5, 0.6) is 11.5 Å². The third-order valence-electron chi connectivity index (χ3n) is 4.29. The molecule has 0 bridgehead atoms. The molecule has 29 heavy (non-hydrogen) atoms. The first-order chi connectivity index (χ1) is 14.2. The van der Waals surface area contributed by atoms with E-state index < -0.39 is 0 Å². The van der Waals surface area contributed by atoms with E-state index in [9.17, 15) is 4.79 Å². The molecule has 0 aliphatic heterocycles. The number of nitrogens with zero attached hydrogens (tertiary/aromatic N) is 1. The topological polar surface area (TPSA) is 64.2 Å². The van der Waals surface area contributed by atoms with Crippen molar-refractivity contribution in [1.29, 1.82) is 0 Å². The van der Waals surface area contributed by atoms with Crippen LogP contribution >= 0.6 is 23.5 Å². The van der Waals surface area contributed by atoms with E-state index >= 15 is 0 Å². The first kappa shape index (κ1) is 19.4. The van der Waals surface area contributed by atoms with Crippen LogP contribution in [-0.4, -0.2) is 24.2 Å². The Hall–Kier alpha value is -2.90. The molecular weight excluding hydrogens is 404 g/mol. The zero-order valence-corrected chi connectivity index (χ0v) is 17.5. The highest BCUT2D eigenvalue weighted by atomic mass is 32.2. The highest BCUT2D eigenvalue weighted by Gasteiger charge is 2.13. The molecule has 0 amide bonds. The molecule has 1 aromatic heterocycles. The smallest absolute Gasteiger partial charge is 0.259 e. The van der Waals surface area contributed by atoms with Crippen molar-refractivity contribution in [2.24, 2.45) is 0 Å². The Bertz CT molecular complexity index is 1190. The molecule has 7 heteroatoms. The van der Waals surface area contributed by atoms with E-state index in [0.29, 0.717) is 10.9 Å². The van der Waals surface area contributed by atoms with Crippen LogP contribution in [0.4, 0.5) is 0 Å². The number of H-pyrrole nitrogens is 1. The van der Waals surface area contributed by atoms with Crippen molar-refractivity contribution >= 4 is 34.4 Å². The predicted molar refractivity (Wildman–Crippen MR) is 117 cm³/mol. The van der Waals surface area contributed by atoms with Crippen molar-refractivity contribution < 1.29 is 9.47 Å². The lowest BCUT2D eigenvalue weighted by Crippen LogP contribution is -2.08. The van der Waals surface area contributed by atoms with Gasteiger partial charge in [0.25, 0.3) is 5.56 Å². The Labute approximate surface area is 176 Å². The minimum Gasteiger partial charge on any atom is -0.497 e. The molecule has 0 atom stereocenters. The first-order valence-electron chi connectivity index (χ1n) is 8.82. The molecule has 5 nitrogen and oxygen atoms in total. The summed E-state index contributed by atoms with van der Waals surface area (Å²) in [6, 6.07) is 19.5. The first-order valence-corrected chi connectivity index (χ1v) is 10.5. The standard InChI is InChI=1S/C22H18N2O3S2/c1-26-14-3-7-16(8-4-14)28-18-11-12-19(21-20(18)22(25)24-13-23-21)29-17-9-5-15(27-2)6-10-17/h3-13H,1-2H3,(H,23,24,25). The van der Waals surface area contributed by atoms with Crippen molar-refractivity contribution in [3.8, 4) is 11.5 Å². The second-order valence-electron chi connectivity index (χ2n) is 6.07. The molecule has 0 aliphatic carbocycles. The number of aromatic nitrogens is 2. The molecule has 1 N–H and O–H groups in total. The Balaban J connectivity index is 1.71. The Morgan fingerprint density at radius 2 is 1.28 bits per heavy atom. The molecule has 146 valence electrons. The van der Waals surface area contributed by atoms with Crippen LogP contribution in [0.3, 0.4) is 0 Å². The van der Waals surface area contributed by atoms with E-state index in [1.165, 1.54) is 18.1 Å². The van der Waals surface area contributed by atoms with Crippen LogP contribution in [0.15, 0.2) is 91.4 Å². The molecular formula is C22H18N2O3S2. The number of aromatic amines is 1. The van der Waals surface area contributed by atoms with Crippen LogP contribution in [-0.2, 0) is 0 Å². The second kappa shape index (κ2) is 8.63. The average molecular weight is 423 g/mol. The van der Waals surface area contributed by atoms with E-state index in [1.807, 2.05) is 60.7 Å². The van der Waals surface area contributed by atoms with Gasteiger partial charge in [0, 0.05) is 19.6 Å².